The molecule has 0 aliphatic carbocycles. The van der Waals surface area contributed by atoms with Crippen molar-refractivity contribution < 1.29 is 9.47 Å². The second-order valence-corrected chi connectivity index (χ2v) is 5.00. The van der Waals surface area contributed by atoms with Gasteiger partial charge in [-0.3, -0.25) is 0 Å². The van der Waals surface area contributed by atoms with Crippen molar-refractivity contribution >= 4 is 6.08 Å². The number of benzene rings is 1. The van der Waals surface area contributed by atoms with E-state index in [2.05, 4.69) is 45.1 Å². The van der Waals surface area contributed by atoms with E-state index in [-0.39, 0.29) is 5.41 Å². The summed E-state index contributed by atoms with van der Waals surface area (Å²) in [6.07, 6.45) is 4.26. The molecule has 1 rings (SSSR count). The van der Waals surface area contributed by atoms with Gasteiger partial charge in [0.1, 0.15) is 5.75 Å². The van der Waals surface area contributed by atoms with E-state index in [0.29, 0.717) is 6.61 Å². The van der Waals surface area contributed by atoms with Crippen molar-refractivity contribution in [2.75, 3.05) is 20.8 Å². The van der Waals surface area contributed by atoms with Gasteiger partial charge in [-0.25, -0.2) is 0 Å². The first-order valence-electron chi connectivity index (χ1n) is 5.81. The fraction of sp³-hybridized carbons (Fsp3) is 0.467. The van der Waals surface area contributed by atoms with E-state index in [1.54, 1.807) is 14.2 Å². The van der Waals surface area contributed by atoms with E-state index in [1.807, 2.05) is 6.07 Å². The second kappa shape index (κ2) is 5.87. The first kappa shape index (κ1) is 13.8. The lowest BCUT2D eigenvalue weighted by atomic mass is 9.93. The van der Waals surface area contributed by atoms with Crippen molar-refractivity contribution in [3.05, 3.63) is 35.4 Å². The van der Waals surface area contributed by atoms with Crippen LogP contribution in [0.5, 0.6) is 5.75 Å². The van der Waals surface area contributed by atoms with Crippen LogP contribution in [0.15, 0.2) is 24.3 Å². The van der Waals surface area contributed by atoms with E-state index >= 15 is 0 Å². The summed E-state index contributed by atoms with van der Waals surface area (Å²) in [6.45, 7) is 7.08. The normalized spacial score (nSPS) is 12.1. The average Bonchev–Trinajstić information content (AvgIpc) is 2.27. The van der Waals surface area contributed by atoms with Gasteiger partial charge in [-0.2, -0.15) is 0 Å². The summed E-state index contributed by atoms with van der Waals surface area (Å²) in [5, 5.41) is 0. The zero-order valence-corrected chi connectivity index (χ0v) is 11.4. The third-order valence-electron chi connectivity index (χ3n) is 2.62. The van der Waals surface area contributed by atoms with Crippen molar-refractivity contribution in [1.82, 2.24) is 0 Å². The molecule has 1 aromatic carbocycles. The van der Waals surface area contributed by atoms with E-state index in [9.17, 15) is 0 Å². The maximum absolute atomic E-state index is 5.34. The number of ether oxygens (including phenoxy) is 2. The van der Waals surface area contributed by atoms with Crippen LogP contribution in [-0.2, 0) is 4.74 Å². The van der Waals surface area contributed by atoms with Crippen molar-refractivity contribution in [1.29, 1.82) is 0 Å². The van der Waals surface area contributed by atoms with Gasteiger partial charge in [0.2, 0.25) is 0 Å². The Morgan fingerprint density at radius 2 is 1.94 bits per heavy atom. The van der Waals surface area contributed by atoms with Crippen LogP contribution < -0.4 is 4.74 Å². The largest absolute Gasteiger partial charge is 0.496 e. The van der Waals surface area contributed by atoms with Gasteiger partial charge in [0, 0.05) is 18.1 Å². The molecule has 0 radical (unpaired) electrons. The fourth-order valence-electron chi connectivity index (χ4n) is 1.72. The van der Waals surface area contributed by atoms with Gasteiger partial charge in [-0.1, -0.05) is 37.6 Å². The highest BCUT2D eigenvalue weighted by atomic mass is 16.5. The molecule has 2 heteroatoms. The molecule has 2 nitrogen and oxygen atoms in total. The maximum atomic E-state index is 5.34. The monoisotopic (exact) mass is 234 g/mol. The summed E-state index contributed by atoms with van der Waals surface area (Å²) in [5.41, 5.74) is 2.37. The Hall–Kier alpha value is -1.28. The summed E-state index contributed by atoms with van der Waals surface area (Å²) < 4.78 is 10.5. The summed E-state index contributed by atoms with van der Waals surface area (Å²) in [7, 11) is 3.42. The molecule has 0 aliphatic heterocycles. The minimum absolute atomic E-state index is 0.0313. The first-order chi connectivity index (χ1) is 7.98. The molecule has 0 heterocycles. The molecule has 0 aromatic heterocycles. The molecule has 0 bridgehead atoms. The van der Waals surface area contributed by atoms with Crippen LogP contribution in [0, 0.1) is 12.3 Å². The zero-order valence-electron chi connectivity index (χ0n) is 11.4. The van der Waals surface area contributed by atoms with Crippen LogP contribution in [0.1, 0.15) is 25.0 Å². The van der Waals surface area contributed by atoms with Crippen molar-refractivity contribution in [3.63, 3.8) is 0 Å². The Morgan fingerprint density at radius 1 is 1.24 bits per heavy atom. The minimum atomic E-state index is 0.0313. The highest BCUT2D eigenvalue weighted by Gasteiger charge is 2.13. The van der Waals surface area contributed by atoms with Gasteiger partial charge in [0.05, 0.1) is 13.7 Å². The van der Waals surface area contributed by atoms with Crippen LogP contribution >= 0.6 is 0 Å². The number of methoxy groups -OCH3 is 2. The molecule has 0 spiro atoms. The van der Waals surface area contributed by atoms with Gasteiger partial charge in [0.25, 0.3) is 0 Å². The molecular weight excluding hydrogens is 212 g/mol. The summed E-state index contributed by atoms with van der Waals surface area (Å²) in [5.74, 6) is 0.903. The van der Waals surface area contributed by atoms with Crippen molar-refractivity contribution in [2.45, 2.75) is 20.8 Å². The molecule has 0 fully saturated rings. The average molecular weight is 234 g/mol. The molecule has 0 unspecified atom stereocenters. The molecule has 0 atom stereocenters. The highest BCUT2D eigenvalue weighted by Crippen LogP contribution is 2.24. The van der Waals surface area contributed by atoms with Crippen LogP contribution in [0.4, 0.5) is 0 Å². The lowest BCUT2D eigenvalue weighted by molar-refractivity contribution is 0.133. The molecule has 0 N–H and O–H groups in total. The standard InChI is InChI=1S/C15H22O2/c1-12-6-7-14(17-5)13(10-12)8-9-15(2,3)11-16-4/h6-10H,11H2,1-5H3/b9-8+. The lowest BCUT2D eigenvalue weighted by Gasteiger charge is -2.18. The number of aryl methyl sites for hydroxylation is 1. The Kier molecular flexibility index (Phi) is 4.76. The van der Waals surface area contributed by atoms with Gasteiger partial charge < -0.3 is 9.47 Å². The molecule has 94 valence electrons. The Morgan fingerprint density at radius 3 is 2.53 bits per heavy atom. The predicted octanol–water partition coefficient (Wildman–Crippen LogP) is 3.69. The predicted molar refractivity (Wildman–Crippen MR) is 72.4 cm³/mol. The molecule has 0 aliphatic rings. The van der Waals surface area contributed by atoms with E-state index in [1.165, 1.54) is 5.56 Å². The van der Waals surface area contributed by atoms with Gasteiger partial charge >= 0.3 is 0 Å². The van der Waals surface area contributed by atoms with Crippen LogP contribution in [0.3, 0.4) is 0 Å². The smallest absolute Gasteiger partial charge is 0.126 e. The number of hydrogen-bond donors (Lipinski definition) is 0. The first-order valence-corrected chi connectivity index (χ1v) is 5.81. The Labute approximate surface area is 104 Å². The fourth-order valence-corrected chi connectivity index (χ4v) is 1.72. The maximum Gasteiger partial charge on any atom is 0.126 e. The van der Waals surface area contributed by atoms with Crippen molar-refractivity contribution in [3.8, 4) is 5.75 Å². The highest BCUT2D eigenvalue weighted by molar-refractivity contribution is 5.58. The molecule has 1 aromatic rings. The SMILES string of the molecule is COCC(C)(C)/C=C/c1cc(C)ccc1OC. The topological polar surface area (TPSA) is 18.5 Å². The van der Waals surface area contributed by atoms with Crippen LogP contribution in [0.25, 0.3) is 6.08 Å². The van der Waals surface area contributed by atoms with E-state index in [0.717, 1.165) is 11.3 Å². The summed E-state index contributed by atoms with van der Waals surface area (Å²) >= 11 is 0. The molecule has 0 saturated heterocycles. The van der Waals surface area contributed by atoms with Gasteiger partial charge in [0.15, 0.2) is 0 Å². The third-order valence-corrected chi connectivity index (χ3v) is 2.62. The molecule has 17 heavy (non-hydrogen) atoms. The molecule has 0 amide bonds. The van der Waals surface area contributed by atoms with Gasteiger partial charge in [-0.05, 0) is 19.1 Å². The van der Waals surface area contributed by atoms with Crippen LogP contribution in [0.2, 0.25) is 0 Å². The molecular formula is C15H22O2. The summed E-state index contributed by atoms with van der Waals surface area (Å²) in [6, 6.07) is 6.17. The van der Waals surface area contributed by atoms with Crippen LogP contribution in [-0.4, -0.2) is 20.8 Å². The zero-order chi connectivity index (χ0) is 12.9. The van der Waals surface area contributed by atoms with Gasteiger partial charge in [-0.15, -0.1) is 0 Å². The van der Waals surface area contributed by atoms with E-state index < -0.39 is 0 Å². The van der Waals surface area contributed by atoms with E-state index in [4.69, 9.17) is 9.47 Å². The second-order valence-electron chi connectivity index (χ2n) is 5.00. The van der Waals surface area contributed by atoms with Crippen molar-refractivity contribution in [2.24, 2.45) is 5.41 Å². The Bertz CT molecular complexity index is 392. The number of hydrogen-bond acceptors (Lipinski definition) is 2. The molecule has 0 saturated carbocycles. The minimum Gasteiger partial charge on any atom is -0.496 e. The third kappa shape index (κ3) is 4.23. The lowest BCUT2D eigenvalue weighted by Crippen LogP contribution is -2.14. The quantitative estimate of drug-likeness (QED) is 0.773. The Balaban J connectivity index is 2.93. The summed E-state index contributed by atoms with van der Waals surface area (Å²) in [4.78, 5) is 0. The number of rotatable bonds is 5.